The number of piperidine rings is 1. The number of ether oxygens (including phenoxy) is 1. The Kier molecular flexibility index (Phi) is 6.87. The molecule has 1 aromatic heterocycles. The van der Waals surface area contributed by atoms with Crippen LogP contribution in [0.2, 0.25) is 0 Å². The smallest absolute Gasteiger partial charge is 0.323 e. The summed E-state index contributed by atoms with van der Waals surface area (Å²) in [5, 5.41) is 8.27. The Balaban J connectivity index is 1.27. The second-order valence-electron chi connectivity index (χ2n) is 9.63. The number of aromatic nitrogens is 1. The number of amides is 4. The molecule has 4 amide bonds. The fourth-order valence-corrected chi connectivity index (χ4v) is 5.22. The summed E-state index contributed by atoms with van der Waals surface area (Å²) in [7, 11) is 1.52. The highest BCUT2D eigenvalue weighted by atomic mass is 16.5. The number of rotatable bonds is 5. The van der Waals surface area contributed by atoms with E-state index in [1.54, 1.807) is 64.1 Å². The standard InChI is InChI=1S/C28H29N5O5/c1-17(34)19-7-9-21(10-8-19)29-28(37)32-14-18-13-20(16-32)24-12-11-23(26(35)33(24)15-18)31-27(36)30-22-5-3-4-6-25(22)38-2/h3-12,18,20H,13-16H2,1-2H3,(H,29,37)(H2,30,31,36)/t18-,20+/m0/s1. The number of carbonyl (C=O) groups is 3. The molecule has 0 radical (unpaired) electrons. The van der Waals surface area contributed by atoms with E-state index in [-0.39, 0.29) is 34.9 Å². The Labute approximate surface area is 219 Å². The Morgan fingerprint density at radius 2 is 1.61 bits per heavy atom. The second-order valence-corrected chi connectivity index (χ2v) is 9.63. The minimum atomic E-state index is -0.540. The first-order valence-corrected chi connectivity index (χ1v) is 12.4. The summed E-state index contributed by atoms with van der Waals surface area (Å²) in [4.78, 5) is 52.1. The molecule has 1 fully saturated rings. The number of ketones is 1. The lowest BCUT2D eigenvalue weighted by atomic mass is 9.83. The molecule has 5 rings (SSSR count). The molecule has 2 atom stereocenters. The molecule has 3 N–H and O–H groups in total. The second kappa shape index (κ2) is 10.4. The molecular weight excluding hydrogens is 486 g/mol. The number of pyridine rings is 1. The van der Waals surface area contributed by atoms with Crippen LogP contribution in [0, 0.1) is 5.92 Å². The monoisotopic (exact) mass is 515 g/mol. The van der Waals surface area contributed by atoms with E-state index in [1.807, 2.05) is 6.07 Å². The maximum absolute atomic E-state index is 13.3. The van der Waals surface area contributed by atoms with E-state index in [0.717, 1.165) is 12.1 Å². The fourth-order valence-electron chi connectivity index (χ4n) is 5.22. The quantitative estimate of drug-likeness (QED) is 0.436. The number of hydrogen-bond donors (Lipinski definition) is 3. The summed E-state index contributed by atoms with van der Waals surface area (Å²) < 4.78 is 6.97. The van der Waals surface area contributed by atoms with Crippen LogP contribution in [0.4, 0.5) is 26.7 Å². The summed E-state index contributed by atoms with van der Waals surface area (Å²) in [6.45, 7) is 2.96. The zero-order valence-electron chi connectivity index (χ0n) is 21.2. The predicted octanol–water partition coefficient (Wildman–Crippen LogP) is 4.35. The Morgan fingerprint density at radius 3 is 2.34 bits per heavy atom. The minimum Gasteiger partial charge on any atom is -0.495 e. The van der Waals surface area contributed by atoms with Crippen LogP contribution >= 0.6 is 0 Å². The van der Waals surface area contributed by atoms with Crippen molar-refractivity contribution in [1.82, 2.24) is 9.47 Å². The fraction of sp³-hybridized carbons (Fsp3) is 0.286. The normalized spacial score (nSPS) is 17.7. The number of fused-ring (bicyclic) bond motifs is 4. The van der Waals surface area contributed by atoms with Crippen LogP contribution in [-0.2, 0) is 6.54 Å². The van der Waals surface area contributed by atoms with Gasteiger partial charge in [-0.15, -0.1) is 0 Å². The molecule has 2 aromatic carbocycles. The lowest BCUT2D eigenvalue weighted by Crippen LogP contribution is -2.50. The largest absolute Gasteiger partial charge is 0.495 e. The molecule has 0 aliphatic carbocycles. The Hall–Kier alpha value is -4.60. The van der Waals surface area contributed by atoms with Gasteiger partial charge in [-0.1, -0.05) is 12.1 Å². The maximum Gasteiger partial charge on any atom is 0.323 e. The van der Waals surface area contributed by atoms with Crippen molar-refractivity contribution in [3.05, 3.63) is 82.3 Å². The van der Waals surface area contributed by atoms with Gasteiger partial charge in [0, 0.05) is 42.5 Å². The lowest BCUT2D eigenvalue weighted by molar-refractivity contribution is 0.101. The van der Waals surface area contributed by atoms with Crippen LogP contribution in [0.1, 0.15) is 35.3 Å². The first-order valence-electron chi connectivity index (χ1n) is 12.4. The van der Waals surface area contributed by atoms with Gasteiger partial charge in [-0.25, -0.2) is 9.59 Å². The van der Waals surface area contributed by atoms with E-state index in [9.17, 15) is 19.2 Å². The zero-order valence-corrected chi connectivity index (χ0v) is 21.2. The number of benzene rings is 2. The van der Waals surface area contributed by atoms with Gasteiger partial charge in [0.1, 0.15) is 11.4 Å². The third kappa shape index (κ3) is 5.10. The molecule has 0 spiro atoms. The third-order valence-electron chi connectivity index (χ3n) is 7.04. The van der Waals surface area contributed by atoms with Gasteiger partial charge in [0.25, 0.3) is 5.56 Å². The average molecular weight is 516 g/mol. The molecule has 3 heterocycles. The summed E-state index contributed by atoms with van der Waals surface area (Å²) in [5.74, 6) is 0.607. The van der Waals surface area contributed by atoms with Crippen molar-refractivity contribution >= 4 is 34.9 Å². The highest BCUT2D eigenvalue weighted by molar-refractivity contribution is 6.00. The number of nitrogens with zero attached hydrogens (tertiary/aromatic N) is 2. The van der Waals surface area contributed by atoms with Crippen LogP contribution in [0.25, 0.3) is 0 Å². The van der Waals surface area contributed by atoms with Gasteiger partial charge in [-0.3, -0.25) is 9.59 Å². The number of anilines is 3. The van der Waals surface area contributed by atoms with Gasteiger partial charge in [-0.2, -0.15) is 0 Å². The zero-order chi connectivity index (χ0) is 26.8. The van der Waals surface area contributed by atoms with E-state index < -0.39 is 6.03 Å². The van der Waals surface area contributed by atoms with Gasteiger partial charge in [0.05, 0.1) is 12.8 Å². The summed E-state index contributed by atoms with van der Waals surface area (Å²) >= 11 is 0. The number of urea groups is 2. The first kappa shape index (κ1) is 25.1. The van der Waals surface area contributed by atoms with Crippen molar-refractivity contribution in [2.45, 2.75) is 25.8 Å². The van der Waals surface area contributed by atoms with Crippen LogP contribution < -0.4 is 26.2 Å². The SMILES string of the molecule is COc1ccccc1NC(=O)Nc1ccc2n(c1=O)C[C@H]1C[C@@H]2CN(C(=O)Nc2ccc(C(C)=O)cc2)C1. The maximum atomic E-state index is 13.3. The summed E-state index contributed by atoms with van der Waals surface area (Å²) in [6, 6.07) is 16.5. The molecule has 10 nitrogen and oxygen atoms in total. The number of hydrogen-bond acceptors (Lipinski definition) is 5. The van der Waals surface area contributed by atoms with Crippen LogP contribution in [0.3, 0.4) is 0 Å². The van der Waals surface area contributed by atoms with Gasteiger partial charge >= 0.3 is 12.1 Å². The molecule has 196 valence electrons. The lowest BCUT2D eigenvalue weighted by Gasteiger charge is -2.42. The molecule has 0 saturated carbocycles. The van der Waals surface area contributed by atoms with Gasteiger partial charge in [0.2, 0.25) is 0 Å². The Bertz CT molecular complexity index is 1450. The molecule has 0 unspecified atom stereocenters. The number of Topliss-reactive ketones (excluding diaryl/α,β-unsaturated/α-hetero) is 1. The van der Waals surface area contributed by atoms with Crippen molar-refractivity contribution in [2.24, 2.45) is 5.92 Å². The number of methoxy groups -OCH3 is 1. The summed E-state index contributed by atoms with van der Waals surface area (Å²) in [6.07, 6.45) is 0.886. The Morgan fingerprint density at radius 1 is 0.868 bits per heavy atom. The van der Waals surface area contributed by atoms with Gasteiger partial charge in [-0.05, 0) is 67.8 Å². The van der Waals surface area contributed by atoms with Crippen molar-refractivity contribution < 1.29 is 19.1 Å². The van der Waals surface area contributed by atoms with Crippen molar-refractivity contribution in [2.75, 3.05) is 36.1 Å². The minimum absolute atomic E-state index is 0.0116. The van der Waals surface area contributed by atoms with Crippen molar-refractivity contribution in [1.29, 1.82) is 0 Å². The number of carbonyl (C=O) groups excluding carboxylic acids is 3. The van der Waals surface area contributed by atoms with Gasteiger partial charge < -0.3 is 30.2 Å². The van der Waals surface area contributed by atoms with E-state index >= 15 is 0 Å². The van der Waals surface area contributed by atoms with E-state index in [2.05, 4.69) is 16.0 Å². The average Bonchev–Trinajstić information content (AvgIpc) is 2.91. The topological polar surface area (TPSA) is 122 Å². The molecule has 3 aromatic rings. The molecule has 38 heavy (non-hydrogen) atoms. The predicted molar refractivity (Wildman–Crippen MR) is 144 cm³/mol. The highest BCUT2D eigenvalue weighted by Gasteiger charge is 2.36. The van der Waals surface area contributed by atoms with Crippen molar-refractivity contribution in [3.63, 3.8) is 0 Å². The molecule has 2 bridgehead atoms. The first-order chi connectivity index (χ1) is 18.3. The van der Waals surface area contributed by atoms with Crippen LogP contribution in [0.5, 0.6) is 5.75 Å². The number of nitrogens with one attached hydrogen (secondary N) is 3. The van der Waals surface area contributed by atoms with Crippen LogP contribution in [-0.4, -0.2) is 47.5 Å². The molecular formula is C28H29N5O5. The van der Waals surface area contributed by atoms with Gasteiger partial charge in [0.15, 0.2) is 5.78 Å². The molecule has 2 aliphatic heterocycles. The molecule has 10 heteroatoms. The van der Waals surface area contributed by atoms with E-state index in [0.29, 0.717) is 42.3 Å². The highest BCUT2D eigenvalue weighted by Crippen LogP contribution is 2.35. The molecule has 1 saturated heterocycles. The summed E-state index contributed by atoms with van der Waals surface area (Å²) in [5.41, 5.74) is 2.47. The molecule has 2 aliphatic rings. The van der Waals surface area contributed by atoms with E-state index in [4.69, 9.17) is 4.74 Å². The number of likely N-dealkylation sites (tertiary alicyclic amines) is 1. The van der Waals surface area contributed by atoms with E-state index in [1.165, 1.54) is 14.0 Å². The third-order valence-corrected chi connectivity index (χ3v) is 7.04. The van der Waals surface area contributed by atoms with Crippen molar-refractivity contribution in [3.8, 4) is 5.75 Å². The number of para-hydroxylation sites is 2. The van der Waals surface area contributed by atoms with Crippen LogP contribution in [0.15, 0.2) is 65.5 Å².